The van der Waals surface area contributed by atoms with Crippen LogP contribution in [-0.4, -0.2) is 81.3 Å². The molecule has 0 bridgehead atoms. The van der Waals surface area contributed by atoms with Gasteiger partial charge < -0.3 is 24.4 Å². The summed E-state index contributed by atoms with van der Waals surface area (Å²) in [6, 6.07) is 9.06. The minimum atomic E-state index is -0.435. The van der Waals surface area contributed by atoms with E-state index in [-0.39, 0.29) is 17.9 Å². The second-order valence-electron chi connectivity index (χ2n) is 8.16. The van der Waals surface area contributed by atoms with E-state index < -0.39 is 6.04 Å². The Kier molecular flexibility index (Phi) is 7.85. The number of nitrogens with zero attached hydrogens (tertiary/aromatic N) is 2. The Bertz CT molecular complexity index is 946. The zero-order valence-corrected chi connectivity index (χ0v) is 19.9. The van der Waals surface area contributed by atoms with E-state index in [0.717, 1.165) is 25.1 Å². The van der Waals surface area contributed by atoms with Gasteiger partial charge in [-0.1, -0.05) is 12.1 Å². The predicted octanol–water partition coefficient (Wildman–Crippen LogP) is 2.56. The maximum Gasteiger partial charge on any atom is 0.264 e. The van der Waals surface area contributed by atoms with Gasteiger partial charge in [-0.3, -0.25) is 14.5 Å². The highest BCUT2D eigenvalue weighted by Gasteiger charge is 2.35. The number of hydrogen-bond donors (Lipinski definition) is 1. The van der Waals surface area contributed by atoms with E-state index >= 15 is 0 Å². The molecule has 8 nitrogen and oxygen atoms in total. The summed E-state index contributed by atoms with van der Waals surface area (Å²) in [5.74, 6) is 1.16. The van der Waals surface area contributed by atoms with Crippen LogP contribution < -0.4 is 14.8 Å². The first-order valence-corrected chi connectivity index (χ1v) is 12.2. The minimum Gasteiger partial charge on any atom is -0.493 e. The Morgan fingerprint density at radius 2 is 1.94 bits per heavy atom. The van der Waals surface area contributed by atoms with Crippen LogP contribution in [0.2, 0.25) is 0 Å². The monoisotopic (exact) mass is 473 g/mol. The van der Waals surface area contributed by atoms with Crippen LogP contribution >= 0.6 is 11.3 Å². The molecule has 1 aromatic heterocycles. The van der Waals surface area contributed by atoms with Crippen molar-refractivity contribution in [3.63, 3.8) is 0 Å². The Balaban J connectivity index is 1.48. The van der Waals surface area contributed by atoms with Crippen LogP contribution in [0.3, 0.4) is 0 Å². The Hall–Kier alpha value is -2.62. The van der Waals surface area contributed by atoms with Gasteiger partial charge in [0.15, 0.2) is 11.5 Å². The van der Waals surface area contributed by atoms with Gasteiger partial charge >= 0.3 is 0 Å². The van der Waals surface area contributed by atoms with Crippen LogP contribution in [0.15, 0.2) is 35.7 Å². The highest BCUT2D eigenvalue weighted by Crippen LogP contribution is 2.32. The minimum absolute atomic E-state index is 0.0412. The molecule has 178 valence electrons. The van der Waals surface area contributed by atoms with E-state index in [4.69, 9.17) is 14.2 Å². The lowest BCUT2D eigenvalue weighted by molar-refractivity contribution is -0.125. The number of rotatable bonds is 8. The molecule has 2 saturated heterocycles. The van der Waals surface area contributed by atoms with Crippen LogP contribution in [0.25, 0.3) is 0 Å². The molecular formula is C24H31N3O5S. The van der Waals surface area contributed by atoms with Gasteiger partial charge in [-0.25, -0.2) is 0 Å². The van der Waals surface area contributed by atoms with Gasteiger partial charge in [0.05, 0.1) is 38.4 Å². The molecule has 0 aliphatic carbocycles. The van der Waals surface area contributed by atoms with Crippen LogP contribution in [-0.2, 0) is 9.53 Å². The molecule has 33 heavy (non-hydrogen) atoms. The SMILES string of the molecule is COc1ccc(C(CNC(=O)[C@@H]2CCCN2C(=O)c2cccs2)N2CCOCC2)cc1OC. The molecule has 2 aliphatic rings. The third-order valence-electron chi connectivity index (χ3n) is 6.30. The fourth-order valence-corrected chi connectivity index (χ4v) is 5.23. The standard InChI is InChI=1S/C24H31N3O5S/c1-30-20-8-7-17(15-21(20)31-2)19(26-10-12-32-13-11-26)16-25-23(28)18-5-3-9-27(18)24(29)22-6-4-14-33-22/h4,6-8,14-15,18-19H,3,5,9-13,16H2,1-2H3,(H,25,28)/t18-,19?/m0/s1. The first-order chi connectivity index (χ1) is 16.1. The summed E-state index contributed by atoms with van der Waals surface area (Å²) in [6.45, 7) is 3.92. The van der Waals surface area contributed by atoms with Crippen molar-refractivity contribution >= 4 is 23.2 Å². The number of carbonyl (C=O) groups is 2. The largest absolute Gasteiger partial charge is 0.493 e. The van der Waals surface area contributed by atoms with Gasteiger partial charge in [-0.15, -0.1) is 11.3 Å². The number of likely N-dealkylation sites (tertiary alicyclic amines) is 1. The summed E-state index contributed by atoms with van der Waals surface area (Å²) in [5, 5.41) is 5.02. The van der Waals surface area contributed by atoms with Crippen LogP contribution in [0.5, 0.6) is 11.5 Å². The predicted molar refractivity (Wildman–Crippen MR) is 126 cm³/mol. The molecule has 2 aliphatic heterocycles. The normalized spacial score (nSPS) is 19.8. The Morgan fingerprint density at radius 1 is 1.15 bits per heavy atom. The Labute approximate surface area is 198 Å². The van der Waals surface area contributed by atoms with Crippen molar-refractivity contribution in [3.8, 4) is 11.5 Å². The molecule has 1 aromatic carbocycles. The first kappa shape index (κ1) is 23.5. The molecule has 0 spiro atoms. The Morgan fingerprint density at radius 3 is 2.64 bits per heavy atom. The number of carbonyl (C=O) groups excluding carboxylic acids is 2. The maximum atomic E-state index is 13.2. The molecule has 9 heteroatoms. The first-order valence-electron chi connectivity index (χ1n) is 11.3. The topological polar surface area (TPSA) is 80.3 Å². The third kappa shape index (κ3) is 5.31. The van der Waals surface area contributed by atoms with Crippen LogP contribution in [0.1, 0.15) is 34.1 Å². The van der Waals surface area contributed by atoms with Crippen molar-refractivity contribution < 1.29 is 23.8 Å². The number of thiophene rings is 1. The smallest absolute Gasteiger partial charge is 0.264 e. The van der Waals surface area contributed by atoms with Gasteiger partial charge in [0.2, 0.25) is 5.91 Å². The average molecular weight is 474 g/mol. The molecule has 3 heterocycles. The summed E-state index contributed by atoms with van der Waals surface area (Å²) >= 11 is 1.41. The highest BCUT2D eigenvalue weighted by molar-refractivity contribution is 7.12. The van der Waals surface area contributed by atoms with E-state index in [1.54, 1.807) is 19.1 Å². The number of nitrogens with one attached hydrogen (secondary N) is 1. The average Bonchev–Trinajstić information content (AvgIpc) is 3.57. The lowest BCUT2D eigenvalue weighted by Gasteiger charge is -2.35. The molecule has 2 atom stereocenters. The summed E-state index contributed by atoms with van der Waals surface area (Å²) < 4.78 is 16.4. The number of benzene rings is 1. The van der Waals surface area contributed by atoms with Crippen LogP contribution in [0, 0.1) is 0 Å². The number of morpholine rings is 1. The van der Waals surface area contributed by atoms with Gasteiger partial charge in [-0.2, -0.15) is 0 Å². The molecule has 1 N–H and O–H groups in total. The van der Waals surface area contributed by atoms with Crippen molar-refractivity contribution in [3.05, 3.63) is 46.2 Å². The molecular weight excluding hydrogens is 442 g/mol. The lowest BCUT2D eigenvalue weighted by Crippen LogP contribution is -2.49. The molecule has 0 radical (unpaired) electrons. The molecule has 2 fully saturated rings. The zero-order valence-electron chi connectivity index (χ0n) is 19.1. The number of ether oxygens (including phenoxy) is 3. The summed E-state index contributed by atoms with van der Waals surface area (Å²) in [5.41, 5.74) is 1.03. The van der Waals surface area contributed by atoms with Crippen molar-refractivity contribution in [1.29, 1.82) is 0 Å². The molecule has 2 amide bonds. The van der Waals surface area contributed by atoms with E-state index in [1.165, 1.54) is 11.3 Å². The molecule has 4 rings (SSSR count). The van der Waals surface area contributed by atoms with E-state index in [2.05, 4.69) is 10.2 Å². The highest BCUT2D eigenvalue weighted by atomic mass is 32.1. The van der Waals surface area contributed by atoms with Crippen molar-refractivity contribution in [1.82, 2.24) is 15.1 Å². The number of hydrogen-bond acceptors (Lipinski definition) is 7. The molecule has 1 unspecified atom stereocenters. The summed E-state index contributed by atoms with van der Waals surface area (Å²) in [7, 11) is 3.23. The molecule has 2 aromatic rings. The van der Waals surface area contributed by atoms with Crippen molar-refractivity contribution in [2.75, 3.05) is 53.6 Å². The van der Waals surface area contributed by atoms with E-state index in [9.17, 15) is 9.59 Å². The number of amides is 2. The fraction of sp³-hybridized carbons (Fsp3) is 0.500. The third-order valence-corrected chi connectivity index (χ3v) is 7.15. The van der Waals surface area contributed by atoms with Gasteiger partial charge in [0.1, 0.15) is 6.04 Å². The second-order valence-corrected chi connectivity index (χ2v) is 9.11. The van der Waals surface area contributed by atoms with Gasteiger partial charge in [-0.05, 0) is 42.0 Å². The van der Waals surface area contributed by atoms with E-state index in [1.807, 2.05) is 35.7 Å². The quantitative estimate of drug-likeness (QED) is 0.635. The van der Waals surface area contributed by atoms with Crippen LogP contribution in [0.4, 0.5) is 0 Å². The van der Waals surface area contributed by atoms with Gasteiger partial charge in [0, 0.05) is 26.2 Å². The zero-order chi connectivity index (χ0) is 23.2. The summed E-state index contributed by atoms with van der Waals surface area (Å²) in [4.78, 5) is 30.7. The van der Waals surface area contributed by atoms with Gasteiger partial charge in [0.25, 0.3) is 5.91 Å². The molecule has 0 saturated carbocycles. The maximum absolute atomic E-state index is 13.2. The number of methoxy groups -OCH3 is 2. The lowest BCUT2D eigenvalue weighted by atomic mass is 10.0. The van der Waals surface area contributed by atoms with Crippen molar-refractivity contribution in [2.24, 2.45) is 0 Å². The fourth-order valence-electron chi connectivity index (χ4n) is 4.55. The summed E-state index contributed by atoms with van der Waals surface area (Å²) in [6.07, 6.45) is 1.51. The van der Waals surface area contributed by atoms with Crippen molar-refractivity contribution in [2.45, 2.75) is 24.9 Å². The van der Waals surface area contributed by atoms with E-state index in [0.29, 0.717) is 49.1 Å². The second kappa shape index (κ2) is 11.0.